The maximum Gasteiger partial charge on any atom is 0.265 e. The third-order valence-corrected chi connectivity index (χ3v) is 5.20. The summed E-state index contributed by atoms with van der Waals surface area (Å²) in [6.07, 6.45) is 4.86. The summed E-state index contributed by atoms with van der Waals surface area (Å²) in [5.41, 5.74) is 3.49. The number of benzene rings is 2. The molecule has 0 N–H and O–H groups in total. The Hall–Kier alpha value is -3.65. The van der Waals surface area contributed by atoms with Crippen LogP contribution in [0.1, 0.15) is 5.56 Å². The van der Waals surface area contributed by atoms with Gasteiger partial charge in [0.1, 0.15) is 17.2 Å². The minimum Gasteiger partial charge on any atom is -0.295 e. The highest BCUT2D eigenvalue weighted by atomic mass is 79.9. The molecule has 5 rings (SSSR count). The van der Waals surface area contributed by atoms with Crippen LogP contribution in [0.25, 0.3) is 33.2 Å². The van der Waals surface area contributed by atoms with E-state index in [-0.39, 0.29) is 5.56 Å². The minimum absolute atomic E-state index is 0.203. The first-order valence-corrected chi connectivity index (χ1v) is 10.0. The normalized spacial score (nSPS) is 11.8. The van der Waals surface area contributed by atoms with Gasteiger partial charge in [-0.1, -0.05) is 46.3 Å². The molecular weight excluding hydrogens is 444 g/mol. The van der Waals surface area contributed by atoms with Crippen molar-refractivity contribution >= 4 is 55.4 Å². The fourth-order valence-electron chi connectivity index (χ4n) is 3.34. The lowest BCUT2D eigenvalue weighted by Crippen LogP contribution is -2.19. The first-order chi connectivity index (χ1) is 14.7. The number of halogens is 1. The number of allylic oxidation sites excluding steroid dienone is 1. The van der Waals surface area contributed by atoms with E-state index in [0.29, 0.717) is 34.3 Å². The van der Waals surface area contributed by atoms with Crippen LogP contribution in [0.15, 0.2) is 81.9 Å². The van der Waals surface area contributed by atoms with Crippen molar-refractivity contribution in [2.45, 2.75) is 6.54 Å². The van der Waals surface area contributed by atoms with Gasteiger partial charge in [-0.05, 0) is 29.8 Å². The predicted octanol–water partition coefficient (Wildman–Crippen LogP) is 4.13. The van der Waals surface area contributed by atoms with Crippen molar-refractivity contribution in [3.63, 3.8) is 0 Å². The first kappa shape index (κ1) is 18.4. The average molecular weight is 459 g/mol. The summed E-state index contributed by atoms with van der Waals surface area (Å²) in [5, 5.41) is 4.98. The van der Waals surface area contributed by atoms with Gasteiger partial charge in [0.25, 0.3) is 5.56 Å². The summed E-state index contributed by atoms with van der Waals surface area (Å²) in [7, 11) is 0. The van der Waals surface area contributed by atoms with E-state index in [1.54, 1.807) is 17.0 Å². The zero-order valence-corrected chi connectivity index (χ0v) is 17.3. The molecule has 0 aliphatic carbocycles. The Morgan fingerprint density at radius 3 is 2.63 bits per heavy atom. The Labute approximate surface area is 179 Å². The number of hydrogen-bond acceptors (Lipinski definition) is 5. The molecule has 5 aromatic rings. The largest absolute Gasteiger partial charge is 0.295 e. The quantitative estimate of drug-likeness (QED) is 0.299. The van der Waals surface area contributed by atoms with Crippen molar-refractivity contribution in [1.82, 2.24) is 24.2 Å². The van der Waals surface area contributed by atoms with E-state index >= 15 is 0 Å². The molecule has 30 heavy (non-hydrogen) atoms. The van der Waals surface area contributed by atoms with Crippen LogP contribution in [0, 0.1) is 0 Å². The van der Waals surface area contributed by atoms with Crippen molar-refractivity contribution in [2.24, 2.45) is 5.10 Å². The summed E-state index contributed by atoms with van der Waals surface area (Å²) in [4.78, 5) is 27.1. The van der Waals surface area contributed by atoms with Crippen LogP contribution >= 0.6 is 15.9 Å². The van der Waals surface area contributed by atoms with Crippen LogP contribution in [-0.2, 0) is 6.54 Å². The molecular formula is C22H15BrN6O. The van der Waals surface area contributed by atoms with E-state index in [1.807, 2.05) is 48.5 Å². The Balaban J connectivity index is 1.85. The average Bonchev–Trinajstić information content (AvgIpc) is 3.06. The second kappa shape index (κ2) is 7.31. The van der Waals surface area contributed by atoms with Gasteiger partial charge in [0, 0.05) is 11.0 Å². The van der Waals surface area contributed by atoms with Crippen LogP contribution in [0.4, 0.5) is 0 Å². The van der Waals surface area contributed by atoms with Crippen molar-refractivity contribution < 1.29 is 0 Å². The minimum atomic E-state index is -0.203. The van der Waals surface area contributed by atoms with Crippen LogP contribution in [0.5, 0.6) is 0 Å². The topological polar surface area (TPSA) is 78.0 Å². The Morgan fingerprint density at radius 1 is 1.07 bits per heavy atom. The summed E-state index contributed by atoms with van der Waals surface area (Å²) >= 11 is 3.46. The van der Waals surface area contributed by atoms with Gasteiger partial charge in [-0.25, -0.2) is 15.0 Å². The second-order valence-electron chi connectivity index (χ2n) is 6.69. The highest BCUT2D eigenvalue weighted by molar-refractivity contribution is 9.10. The van der Waals surface area contributed by atoms with E-state index in [4.69, 9.17) is 9.97 Å². The number of rotatable bonds is 4. The summed E-state index contributed by atoms with van der Waals surface area (Å²) in [6, 6.07) is 15.3. The predicted molar refractivity (Wildman–Crippen MR) is 122 cm³/mol. The lowest BCUT2D eigenvalue weighted by atomic mass is 10.2. The second-order valence-corrected chi connectivity index (χ2v) is 7.60. The molecule has 0 bridgehead atoms. The first-order valence-electron chi connectivity index (χ1n) is 9.23. The smallest absolute Gasteiger partial charge is 0.265 e. The maximum absolute atomic E-state index is 13.1. The van der Waals surface area contributed by atoms with Gasteiger partial charge in [-0.15, -0.1) is 6.58 Å². The van der Waals surface area contributed by atoms with E-state index in [2.05, 4.69) is 32.6 Å². The molecule has 0 atom stereocenters. The van der Waals surface area contributed by atoms with Crippen molar-refractivity contribution in [1.29, 1.82) is 0 Å². The fraction of sp³-hybridized carbons (Fsp3) is 0.0455. The molecule has 2 aromatic carbocycles. The molecule has 0 spiro atoms. The molecule has 0 radical (unpaired) electrons. The lowest BCUT2D eigenvalue weighted by Gasteiger charge is -2.02. The van der Waals surface area contributed by atoms with Crippen LogP contribution in [-0.4, -0.2) is 30.4 Å². The van der Waals surface area contributed by atoms with Gasteiger partial charge >= 0.3 is 0 Å². The molecule has 0 amide bonds. The maximum atomic E-state index is 13.1. The molecule has 0 saturated carbocycles. The highest BCUT2D eigenvalue weighted by Crippen LogP contribution is 2.25. The molecule has 146 valence electrons. The van der Waals surface area contributed by atoms with Gasteiger partial charge in [0.05, 0.1) is 17.2 Å². The summed E-state index contributed by atoms with van der Waals surface area (Å²) in [6.45, 7) is 4.07. The van der Waals surface area contributed by atoms with Gasteiger partial charge in [-0.3, -0.25) is 9.36 Å². The highest BCUT2D eigenvalue weighted by Gasteiger charge is 2.19. The van der Waals surface area contributed by atoms with Gasteiger partial charge in [0.2, 0.25) is 0 Å². The van der Waals surface area contributed by atoms with Crippen LogP contribution in [0.2, 0.25) is 0 Å². The molecule has 0 unspecified atom stereocenters. The van der Waals surface area contributed by atoms with Gasteiger partial charge < -0.3 is 0 Å². The monoisotopic (exact) mass is 458 g/mol. The van der Waals surface area contributed by atoms with Crippen molar-refractivity contribution in [3.05, 3.63) is 87.9 Å². The zero-order chi connectivity index (χ0) is 20.7. The molecule has 3 aromatic heterocycles. The van der Waals surface area contributed by atoms with Crippen molar-refractivity contribution in [2.75, 3.05) is 0 Å². The number of para-hydroxylation sites is 2. The number of hydrogen-bond donors (Lipinski definition) is 0. The summed E-state index contributed by atoms with van der Waals surface area (Å²) in [5.74, 6) is 0. The Morgan fingerprint density at radius 2 is 1.87 bits per heavy atom. The van der Waals surface area contributed by atoms with E-state index in [9.17, 15) is 4.79 Å². The molecule has 3 heterocycles. The third-order valence-electron chi connectivity index (χ3n) is 4.70. The third kappa shape index (κ3) is 3.02. The molecule has 0 aliphatic heterocycles. The lowest BCUT2D eigenvalue weighted by molar-refractivity contribution is 0.763. The molecule has 0 fully saturated rings. The summed E-state index contributed by atoms with van der Waals surface area (Å²) < 4.78 is 4.02. The number of fused-ring (bicyclic) bond motifs is 4. The fourth-order valence-corrected chi connectivity index (χ4v) is 3.76. The Bertz CT molecular complexity index is 1530. The van der Waals surface area contributed by atoms with E-state index < -0.39 is 0 Å². The Kier molecular flexibility index (Phi) is 4.48. The number of aromatic nitrogens is 5. The van der Waals surface area contributed by atoms with Gasteiger partial charge in [0.15, 0.2) is 11.3 Å². The van der Waals surface area contributed by atoms with E-state index in [0.717, 1.165) is 15.6 Å². The molecule has 0 saturated heterocycles. The van der Waals surface area contributed by atoms with Crippen LogP contribution < -0.4 is 5.56 Å². The zero-order valence-electron chi connectivity index (χ0n) is 15.7. The van der Waals surface area contributed by atoms with Crippen molar-refractivity contribution in [3.8, 4) is 0 Å². The number of nitrogens with zero attached hydrogens (tertiary/aromatic N) is 6. The standard InChI is InChI=1S/C22H15BrN6O/c1-2-10-28-13-24-20-18(22(28)30)19-21(27-17-9-4-3-8-16(17)26-19)29(20)25-12-14-6-5-7-15(23)11-14/h2-9,11-13H,1,10H2. The van der Waals surface area contributed by atoms with E-state index in [1.165, 1.54) is 10.9 Å². The SMILES string of the molecule is C=CCn1cnc2c(c1=O)c1nc3ccccc3nc1n2N=Cc1cccc(Br)c1. The molecule has 8 heteroatoms. The van der Waals surface area contributed by atoms with Crippen LogP contribution in [0.3, 0.4) is 0 Å². The molecule has 0 aliphatic rings. The molecule has 7 nitrogen and oxygen atoms in total. The van der Waals surface area contributed by atoms with Gasteiger partial charge in [-0.2, -0.15) is 9.78 Å².